The van der Waals surface area contributed by atoms with Crippen LogP contribution in [0.15, 0.2) is 24.3 Å². The highest BCUT2D eigenvalue weighted by Crippen LogP contribution is 2.30. The zero-order chi connectivity index (χ0) is 17.1. The fourth-order valence-electron chi connectivity index (χ4n) is 1.73. The lowest BCUT2D eigenvalue weighted by Crippen LogP contribution is -2.40. The van der Waals surface area contributed by atoms with Crippen molar-refractivity contribution in [3.63, 3.8) is 0 Å². The minimum atomic E-state index is -4.43. The van der Waals surface area contributed by atoms with E-state index in [9.17, 15) is 23.1 Å². The molecule has 0 aliphatic heterocycles. The Morgan fingerprint density at radius 1 is 1.18 bits per heavy atom. The van der Waals surface area contributed by atoms with Gasteiger partial charge in [0.25, 0.3) is 0 Å². The van der Waals surface area contributed by atoms with E-state index in [4.69, 9.17) is 4.74 Å². The number of alkyl carbamates (subject to hydrolysis) is 1. The number of nitrogens with one attached hydrogen (secondary N) is 1. The summed E-state index contributed by atoms with van der Waals surface area (Å²) in [5, 5.41) is 12.5. The Hall–Kier alpha value is -1.76. The normalized spacial score (nSPS) is 15.1. The Kier molecular flexibility index (Phi) is 5.45. The van der Waals surface area contributed by atoms with Crippen molar-refractivity contribution in [3.05, 3.63) is 35.4 Å². The van der Waals surface area contributed by atoms with Gasteiger partial charge in [-0.05, 0) is 45.4 Å². The molecule has 0 spiro atoms. The van der Waals surface area contributed by atoms with Gasteiger partial charge in [0.1, 0.15) is 5.60 Å². The Morgan fingerprint density at radius 2 is 1.68 bits per heavy atom. The maximum absolute atomic E-state index is 12.5. The summed E-state index contributed by atoms with van der Waals surface area (Å²) in [6.45, 7) is 6.63. The molecule has 0 fully saturated rings. The average molecular weight is 319 g/mol. The van der Waals surface area contributed by atoms with Crippen LogP contribution in [0, 0.1) is 0 Å². The zero-order valence-corrected chi connectivity index (χ0v) is 12.9. The van der Waals surface area contributed by atoms with Crippen LogP contribution in [0.3, 0.4) is 0 Å². The van der Waals surface area contributed by atoms with Gasteiger partial charge in [0.05, 0.1) is 17.7 Å². The molecule has 7 heteroatoms. The first-order valence-electron chi connectivity index (χ1n) is 6.75. The van der Waals surface area contributed by atoms with Gasteiger partial charge in [-0.25, -0.2) is 4.79 Å². The van der Waals surface area contributed by atoms with Gasteiger partial charge in [-0.3, -0.25) is 0 Å². The molecule has 2 atom stereocenters. The summed E-state index contributed by atoms with van der Waals surface area (Å²) in [5.41, 5.74) is -1.20. The number of rotatable bonds is 3. The van der Waals surface area contributed by atoms with Gasteiger partial charge in [-0.2, -0.15) is 13.2 Å². The topological polar surface area (TPSA) is 58.6 Å². The van der Waals surface area contributed by atoms with E-state index in [0.29, 0.717) is 0 Å². The minimum absolute atomic E-state index is 0.275. The van der Waals surface area contributed by atoms with Gasteiger partial charge in [0.15, 0.2) is 0 Å². The van der Waals surface area contributed by atoms with E-state index in [1.807, 2.05) is 0 Å². The fourth-order valence-corrected chi connectivity index (χ4v) is 1.73. The lowest BCUT2D eigenvalue weighted by molar-refractivity contribution is -0.137. The zero-order valence-electron chi connectivity index (χ0n) is 12.9. The van der Waals surface area contributed by atoms with Crippen LogP contribution in [0.25, 0.3) is 0 Å². The maximum atomic E-state index is 12.5. The maximum Gasteiger partial charge on any atom is 0.416 e. The molecular weight excluding hydrogens is 299 g/mol. The Morgan fingerprint density at radius 3 is 2.09 bits per heavy atom. The summed E-state index contributed by atoms with van der Waals surface area (Å²) < 4.78 is 42.5. The average Bonchev–Trinajstić information content (AvgIpc) is 2.34. The predicted octanol–water partition coefficient (Wildman–Crippen LogP) is 3.65. The molecule has 2 N–H and O–H groups in total. The molecule has 4 nitrogen and oxygen atoms in total. The van der Waals surface area contributed by atoms with Crippen LogP contribution in [0.2, 0.25) is 0 Å². The van der Waals surface area contributed by atoms with Gasteiger partial charge in [0, 0.05) is 0 Å². The summed E-state index contributed by atoms with van der Waals surface area (Å²) >= 11 is 0. The van der Waals surface area contributed by atoms with Crippen molar-refractivity contribution in [2.75, 3.05) is 0 Å². The van der Waals surface area contributed by atoms with E-state index in [-0.39, 0.29) is 5.56 Å². The predicted molar refractivity (Wildman–Crippen MR) is 75.2 cm³/mol. The summed E-state index contributed by atoms with van der Waals surface area (Å²) in [6.07, 6.45) is -6.27. The van der Waals surface area contributed by atoms with Gasteiger partial charge in [-0.1, -0.05) is 12.1 Å². The number of aliphatic hydroxyl groups is 1. The Balaban J connectivity index is 2.71. The van der Waals surface area contributed by atoms with Crippen LogP contribution in [-0.4, -0.2) is 22.8 Å². The molecular formula is C15H20F3NO3. The highest BCUT2D eigenvalue weighted by molar-refractivity contribution is 5.68. The largest absolute Gasteiger partial charge is 0.444 e. The first-order chi connectivity index (χ1) is 9.90. The highest BCUT2D eigenvalue weighted by atomic mass is 19.4. The van der Waals surface area contributed by atoms with Crippen molar-refractivity contribution >= 4 is 6.09 Å². The van der Waals surface area contributed by atoms with Crippen LogP contribution < -0.4 is 5.32 Å². The van der Waals surface area contributed by atoms with E-state index >= 15 is 0 Å². The summed E-state index contributed by atoms with van der Waals surface area (Å²) in [4.78, 5) is 11.6. The smallest absolute Gasteiger partial charge is 0.416 e. The quantitative estimate of drug-likeness (QED) is 0.894. The SMILES string of the molecule is C[C@H](NC(=O)OC(C)(C)C)[C@H](O)c1ccc(C(F)(F)F)cc1. The number of hydrogen-bond donors (Lipinski definition) is 2. The summed E-state index contributed by atoms with van der Waals surface area (Å²) in [6, 6.07) is 3.42. The number of aliphatic hydroxyl groups excluding tert-OH is 1. The van der Waals surface area contributed by atoms with Gasteiger partial charge in [-0.15, -0.1) is 0 Å². The van der Waals surface area contributed by atoms with Crippen molar-refractivity contribution in [1.82, 2.24) is 5.32 Å². The highest BCUT2D eigenvalue weighted by Gasteiger charge is 2.30. The first-order valence-corrected chi connectivity index (χ1v) is 6.75. The lowest BCUT2D eigenvalue weighted by atomic mass is 10.0. The second-order valence-electron chi connectivity index (χ2n) is 6.00. The third kappa shape index (κ3) is 5.55. The molecule has 0 heterocycles. The Labute approximate surface area is 127 Å². The van der Waals surface area contributed by atoms with Crippen molar-refractivity contribution in [3.8, 4) is 0 Å². The van der Waals surface area contributed by atoms with Gasteiger partial charge in [0.2, 0.25) is 0 Å². The van der Waals surface area contributed by atoms with Crippen molar-refractivity contribution in [2.24, 2.45) is 0 Å². The van der Waals surface area contributed by atoms with Crippen LogP contribution in [-0.2, 0) is 10.9 Å². The third-order valence-electron chi connectivity index (χ3n) is 2.80. The number of carbonyl (C=O) groups excluding carboxylic acids is 1. The number of benzene rings is 1. The van der Waals surface area contributed by atoms with E-state index < -0.39 is 35.6 Å². The van der Waals surface area contributed by atoms with Crippen LogP contribution >= 0.6 is 0 Å². The molecule has 0 radical (unpaired) electrons. The number of carbonyl (C=O) groups is 1. The standard InChI is InChI=1S/C15H20F3NO3/c1-9(19-13(21)22-14(2,3)4)12(20)10-5-7-11(8-6-10)15(16,17)18/h5-9,12,20H,1-4H3,(H,19,21)/t9-,12-/m0/s1. The molecule has 1 aromatic carbocycles. The van der Waals surface area contributed by atoms with Crippen LogP contribution in [0.4, 0.5) is 18.0 Å². The summed E-state index contributed by atoms with van der Waals surface area (Å²) in [5.74, 6) is 0. The van der Waals surface area contributed by atoms with E-state index in [2.05, 4.69) is 5.32 Å². The van der Waals surface area contributed by atoms with Crippen LogP contribution in [0.5, 0.6) is 0 Å². The molecule has 1 rings (SSSR count). The third-order valence-corrected chi connectivity index (χ3v) is 2.80. The molecule has 0 saturated carbocycles. The fraction of sp³-hybridized carbons (Fsp3) is 0.533. The van der Waals surface area contributed by atoms with Crippen LogP contribution in [0.1, 0.15) is 44.9 Å². The van der Waals surface area contributed by atoms with Crippen molar-refractivity contribution in [2.45, 2.75) is 51.6 Å². The molecule has 0 aliphatic carbocycles. The second kappa shape index (κ2) is 6.56. The number of ether oxygens (including phenoxy) is 1. The molecule has 22 heavy (non-hydrogen) atoms. The van der Waals surface area contributed by atoms with E-state index in [1.54, 1.807) is 20.8 Å². The minimum Gasteiger partial charge on any atom is -0.444 e. The van der Waals surface area contributed by atoms with Crippen molar-refractivity contribution < 1.29 is 27.8 Å². The van der Waals surface area contributed by atoms with Crippen molar-refractivity contribution in [1.29, 1.82) is 0 Å². The molecule has 124 valence electrons. The van der Waals surface area contributed by atoms with Gasteiger partial charge >= 0.3 is 12.3 Å². The lowest BCUT2D eigenvalue weighted by Gasteiger charge is -2.24. The molecule has 0 bridgehead atoms. The van der Waals surface area contributed by atoms with E-state index in [0.717, 1.165) is 12.1 Å². The molecule has 1 amide bonds. The number of alkyl halides is 3. The molecule has 0 unspecified atom stereocenters. The molecule has 0 aromatic heterocycles. The summed E-state index contributed by atoms with van der Waals surface area (Å²) in [7, 11) is 0. The van der Waals surface area contributed by atoms with Gasteiger partial charge < -0.3 is 15.2 Å². The monoisotopic (exact) mass is 319 g/mol. The molecule has 0 saturated heterocycles. The van der Waals surface area contributed by atoms with E-state index in [1.165, 1.54) is 19.1 Å². The number of halogens is 3. The first kappa shape index (κ1) is 18.3. The molecule has 0 aliphatic rings. The number of hydrogen-bond acceptors (Lipinski definition) is 3. The second-order valence-corrected chi connectivity index (χ2v) is 6.00. The Bertz CT molecular complexity index is 506. The number of amides is 1. The molecule has 1 aromatic rings.